The number of nitrogens with zero attached hydrogens (tertiary/aromatic N) is 3. The number of ether oxygens (including phenoxy) is 2. The number of anilines is 2. The number of likely N-dealkylation sites (tertiary alicyclic amines) is 1. The fraction of sp³-hybridized carbons (Fsp3) is 0.571. The average molecular weight is 1190 g/mol. The Morgan fingerprint density at radius 3 is 1.94 bits per heavy atom. The lowest BCUT2D eigenvalue weighted by Gasteiger charge is -2.54. The van der Waals surface area contributed by atoms with Gasteiger partial charge in [-0.25, -0.2) is 4.79 Å². The Hall–Kier alpha value is -5.68. The van der Waals surface area contributed by atoms with Crippen LogP contribution in [0.5, 0.6) is 0 Å². The molecule has 6 aliphatic heterocycles. The molecule has 2 N–H and O–H groups in total. The third-order valence-corrected chi connectivity index (χ3v) is 20.3. The number of unbranched alkanes of at least 4 members (excludes halogenated alkanes) is 3. The highest BCUT2D eigenvalue weighted by Crippen LogP contribution is 2.64. The van der Waals surface area contributed by atoms with Crippen molar-refractivity contribution in [2.75, 3.05) is 56.2 Å². The molecule has 0 saturated carbocycles. The fourth-order valence-electron chi connectivity index (χ4n) is 14.5. The highest BCUT2D eigenvalue weighted by molar-refractivity contribution is 7.62. The van der Waals surface area contributed by atoms with Gasteiger partial charge in [0.05, 0.1) is 53.1 Å². The Bertz CT molecular complexity index is 3230. The second-order valence-corrected chi connectivity index (χ2v) is 27.5. The third-order valence-electron chi connectivity index (χ3n) is 18.1. The lowest BCUT2D eigenvalue weighted by Crippen LogP contribution is -2.51. The Morgan fingerprint density at radius 2 is 1.39 bits per heavy atom. The molecule has 3 aromatic carbocycles. The second kappa shape index (κ2) is 22.3. The van der Waals surface area contributed by atoms with Crippen LogP contribution in [-0.2, 0) is 66.1 Å². The Morgan fingerprint density at radius 1 is 0.807 bits per heavy atom. The monoisotopic (exact) mass is 1190 g/mol. The van der Waals surface area contributed by atoms with Crippen LogP contribution in [0, 0.1) is 0 Å². The molecule has 6 heterocycles. The van der Waals surface area contributed by atoms with Crippen molar-refractivity contribution in [3.8, 4) is 0 Å². The molecule has 0 aromatic heterocycles. The predicted molar refractivity (Wildman–Crippen MR) is 313 cm³/mol. The van der Waals surface area contributed by atoms with E-state index in [4.69, 9.17) is 31.5 Å². The molecule has 3 amide bonds. The van der Waals surface area contributed by atoms with E-state index in [9.17, 15) is 32.3 Å². The maximum absolute atomic E-state index is 15.8. The molecule has 0 radical (unpaired) electrons. The molecule has 20 heteroatoms. The number of carbonyl (C=O) groups is 5. The first-order valence-electron chi connectivity index (χ1n) is 30.0. The lowest BCUT2D eigenvalue weighted by atomic mass is 9.57. The van der Waals surface area contributed by atoms with Crippen LogP contribution in [-0.4, -0.2) is 110 Å². The van der Waals surface area contributed by atoms with Gasteiger partial charge in [0.15, 0.2) is 5.60 Å². The van der Waals surface area contributed by atoms with Crippen molar-refractivity contribution in [1.29, 1.82) is 0 Å². The Labute approximate surface area is 491 Å². The van der Waals surface area contributed by atoms with E-state index in [1.807, 2.05) is 5.32 Å². The van der Waals surface area contributed by atoms with Gasteiger partial charge >= 0.3 is 31.6 Å². The predicted octanol–water partition coefficient (Wildman–Crippen LogP) is 11.3. The lowest BCUT2D eigenvalue weighted by molar-refractivity contribution is -0.173. The fourth-order valence-corrected chi connectivity index (χ4v) is 16.6. The number of halogens is 4. The smallest absolute Gasteiger partial charge is 0.460 e. The molecule has 3 aromatic rings. The highest BCUT2D eigenvalue weighted by Gasteiger charge is 2.60. The summed E-state index contributed by atoms with van der Waals surface area (Å²) in [7, 11) is -2.98. The molecule has 1 fully saturated rings. The van der Waals surface area contributed by atoms with E-state index >= 15 is 9.36 Å². The van der Waals surface area contributed by atoms with Crippen molar-refractivity contribution in [3.63, 3.8) is 0 Å². The van der Waals surface area contributed by atoms with Gasteiger partial charge in [-0.3, -0.25) is 23.7 Å². The topological polar surface area (TPSA) is 173 Å². The van der Waals surface area contributed by atoms with Crippen LogP contribution in [0.4, 0.5) is 24.5 Å². The molecule has 83 heavy (non-hydrogen) atoms. The van der Waals surface area contributed by atoms with Crippen LogP contribution in [0.15, 0.2) is 36.4 Å². The number of allylic oxidation sites excluding steroid dienone is 2. The number of alkyl halides is 3. The number of esters is 2. The minimum Gasteiger partial charge on any atom is -0.460 e. The van der Waals surface area contributed by atoms with Gasteiger partial charge in [-0.1, -0.05) is 44.0 Å². The summed E-state index contributed by atoms with van der Waals surface area (Å²) < 4.78 is 88.4. The molecule has 1 spiro atoms. The quantitative estimate of drug-likeness (QED) is 0.0702. The molecule has 1 saturated heterocycles. The van der Waals surface area contributed by atoms with Crippen molar-refractivity contribution < 1.29 is 61.6 Å². The molecule has 1 unspecified atom stereocenters. The van der Waals surface area contributed by atoms with Gasteiger partial charge in [-0.2, -0.15) is 13.2 Å². The van der Waals surface area contributed by atoms with Gasteiger partial charge < -0.3 is 43.9 Å². The van der Waals surface area contributed by atoms with Gasteiger partial charge in [0, 0.05) is 98.0 Å². The van der Waals surface area contributed by atoms with E-state index in [1.165, 1.54) is 35.6 Å². The standard InChI is InChI=1S/C63H78ClF3N5O10P/c1-36-33-59(4,5)71-24-16-18-41-53-46(31-43(36)55(41)71)62(47-32-44-37(2)34-60(6,7)72-25-17-19-42(56(44)72)54(47)61(53,8)9)45-29-40(30-48(64)52(45)57(76)82-62)83(78,80-27-15-13-23-69-58(77)63(65,66)67)79-26-14-11-12-20-50(74)70-35-39(28-38(70)3)81-51(75)22-21-49(73)68-10/h29-34,38-39H,11-28,35H2,1-10H3,(H,68,73)(H,69,77)/t38-,39-,83?/m1/s1/i3D. The van der Waals surface area contributed by atoms with Crippen LogP contribution in [0.2, 0.25) is 5.02 Å². The maximum Gasteiger partial charge on any atom is 0.471 e. The van der Waals surface area contributed by atoms with E-state index in [1.54, 1.807) is 11.0 Å². The van der Waals surface area contributed by atoms with Crippen LogP contribution in [0.1, 0.15) is 195 Å². The molecule has 448 valence electrons. The van der Waals surface area contributed by atoms with Gasteiger partial charge in [0.1, 0.15) is 6.10 Å². The summed E-state index contributed by atoms with van der Waals surface area (Å²) >= 11 is 7.36. The first kappa shape index (κ1) is 59.1. The molecule has 15 nitrogen and oxygen atoms in total. The Kier molecular flexibility index (Phi) is 15.9. The van der Waals surface area contributed by atoms with Crippen molar-refractivity contribution in [1.82, 2.24) is 15.5 Å². The summed E-state index contributed by atoms with van der Waals surface area (Å²) in [6.07, 6.45) is 3.94. The molecule has 10 rings (SSSR count). The molecule has 7 aliphatic rings. The van der Waals surface area contributed by atoms with Gasteiger partial charge in [0.25, 0.3) is 0 Å². The van der Waals surface area contributed by atoms with Crippen molar-refractivity contribution in [3.05, 3.63) is 97.1 Å². The van der Waals surface area contributed by atoms with Gasteiger partial charge in [-0.15, -0.1) is 0 Å². The molecule has 3 atom stereocenters. The average Bonchev–Trinajstić information content (AvgIpc) is 1.14. The third kappa shape index (κ3) is 10.7. The summed E-state index contributed by atoms with van der Waals surface area (Å²) in [6, 6.07) is 7.06. The number of carbonyl (C=O) groups excluding carboxylic acids is 5. The number of rotatable bonds is 18. The van der Waals surface area contributed by atoms with Crippen LogP contribution < -0.4 is 25.7 Å². The summed E-state index contributed by atoms with van der Waals surface area (Å²) in [5.41, 5.74) is 10.5. The Balaban J connectivity index is 1.01. The number of fused-ring (bicyclic) bond motifs is 8. The molecule has 1 aliphatic carbocycles. The van der Waals surface area contributed by atoms with Crippen LogP contribution in [0.25, 0.3) is 11.1 Å². The number of benzene rings is 3. The number of hydrogen-bond acceptors (Lipinski definition) is 12. The zero-order valence-electron chi connectivity index (χ0n) is 50.1. The summed E-state index contributed by atoms with van der Waals surface area (Å²) in [5, 5.41) is 4.35. The second-order valence-electron chi connectivity index (χ2n) is 25.0. The summed E-state index contributed by atoms with van der Waals surface area (Å²) in [6.45, 7) is 19.0. The molecule has 0 bridgehead atoms. The highest BCUT2D eigenvalue weighted by atomic mass is 35.5. The first-order chi connectivity index (χ1) is 39.6. The normalized spacial score (nSPS) is 21.7. The number of nitrogens with one attached hydrogen (secondary N) is 2. The summed E-state index contributed by atoms with van der Waals surface area (Å²) in [4.78, 5) is 71.0. The molecular weight excluding hydrogens is 1110 g/mol. The van der Waals surface area contributed by atoms with Gasteiger partial charge in [0.2, 0.25) is 11.8 Å². The van der Waals surface area contributed by atoms with E-state index in [-0.39, 0.29) is 104 Å². The van der Waals surface area contributed by atoms with Crippen molar-refractivity contribution >= 4 is 76.7 Å². The van der Waals surface area contributed by atoms with Crippen molar-refractivity contribution in [2.45, 2.75) is 186 Å². The zero-order valence-corrected chi connectivity index (χ0v) is 50.8. The van der Waals surface area contributed by atoms with Crippen molar-refractivity contribution in [2.24, 2.45) is 0 Å². The number of amides is 3. The van der Waals surface area contributed by atoms with Crippen LogP contribution >= 0.6 is 19.2 Å². The first-order valence-corrected chi connectivity index (χ1v) is 31.2. The SMILES string of the molecule is [2H]C[C@@H]1C[C@@H](OC(=O)CCC(=O)NC)CN1C(=O)CCCCCOP(=O)(OCCCCNC(=O)C(F)(F)F)c1cc(Cl)c2c(c1)C1(OC2=O)c2cc3c4c(c2C(C)(C)c2c1cc1c5c2CCCN5C(C)(C)C=C1C)CCCN4C(C)(C)C=C3C. The van der Waals surface area contributed by atoms with E-state index in [0.29, 0.717) is 31.2 Å². The maximum atomic E-state index is 15.8. The molecular formula is C63H78ClF3N5O10P. The van der Waals surface area contributed by atoms with Crippen LogP contribution in [0.3, 0.4) is 0 Å². The largest absolute Gasteiger partial charge is 0.471 e. The van der Waals surface area contributed by atoms with E-state index in [2.05, 4.69) is 94.8 Å². The zero-order chi connectivity index (χ0) is 60.6. The minimum atomic E-state index is -5.06. The summed E-state index contributed by atoms with van der Waals surface area (Å²) in [5.74, 6) is -3.78. The van der Waals surface area contributed by atoms with E-state index in [0.717, 1.165) is 83.3 Å². The van der Waals surface area contributed by atoms with E-state index < -0.39 is 54.8 Å². The number of hydrogen-bond donors (Lipinski definition) is 2. The van der Waals surface area contributed by atoms with Gasteiger partial charge in [-0.05, 0) is 157 Å². The minimum absolute atomic E-state index is 0.0243.